The summed E-state index contributed by atoms with van der Waals surface area (Å²) in [5.41, 5.74) is 8.05. The summed E-state index contributed by atoms with van der Waals surface area (Å²) < 4.78 is 5.10. The minimum Gasteiger partial charge on any atom is -0.381 e. The lowest BCUT2D eigenvalue weighted by Gasteiger charge is -2.17. The molecule has 1 aromatic heterocycles. The van der Waals surface area contributed by atoms with E-state index in [1.807, 2.05) is 7.05 Å². The molecule has 0 atom stereocenters. The molecule has 0 aliphatic carbocycles. The van der Waals surface area contributed by atoms with Crippen LogP contribution < -0.4 is 10.6 Å². The fourth-order valence-corrected chi connectivity index (χ4v) is 1.93. The lowest BCUT2D eigenvalue weighted by Crippen LogP contribution is -2.15. The zero-order valence-electron chi connectivity index (χ0n) is 10.9. The zero-order valence-corrected chi connectivity index (χ0v) is 10.9. The van der Waals surface area contributed by atoms with Crippen LogP contribution in [0.4, 0.5) is 11.5 Å². The third-order valence-corrected chi connectivity index (χ3v) is 2.89. The molecule has 2 rings (SSSR count). The van der Waals surface area contributed by atoms with Crippen molar-refractivity contribution < 1.29 is 4.52 Å². The Morgan fingerprint density at radius 3 is 2.56 bits per heavy atom. The minimum atomic E-state index is 0.427. The van der Waals surface area contributed by atoms with E-state index >= 15 is 0 Å². The highest BCUT2D eigenvalue weighted by Gasteiger charge is 2.06. The van der Waals surface area contributed by atoms with Gasteiger partial charge in [-0.1, -0.05) is 30.6 Å². The average Bonchev–Trinajstić information content (AvgIpc) is 2.76. The minimum absolute atomic E-state index is 0.427. The molecule has 0 amide bonds. The van der Waals surface area contributed by atoms with Gasteiger partial charge in [0.2, 0.25) is 0 Å². The molecule has 0 aliphatic heterocycles. The summed E-state index contributed by atoms with van der Waals surface area (Å²) in [5.74, 6) is 1.20. The number of hydrogen-bond acceptors (Lipinski definition) is 4. The Morgan fingerprint density at radius 1 is 1.28 bits per heavy atom. The quantitative estimate of drug-likeness (QED) is 0.880. The van der Waals surface area contributed by atoms with Crippen molar-refractivity contribution in [2.75, 3.05) is 17.7 Å². The van der Waals surface area contributed by atoms with E-state index in [1.54, 1.807) is 6.07 Å². The van der Waals surface area contributed by atoms with Gasteiger partial charge in [0.1, 0.15) is 0 Å². The normalized spacial score (nSPS) is 10.6. The van der Waals surface area contributed by atoms with Crippen LogP contribution in [0.5, 0.6) is 0 Å². The van der Waals surface area contributed by atoms with E-state index in [0.717, 1.165) is 17.9 Å². The molecule has 0 aliphatic rings. The van der Waals surface area contributed by atoms with Gasteiger partial charge >= 0.3 is 0 Å². The van der Waals surface area contributed by atoms with E-state index in [0.29, 0.717) is 12.4 Å². The fraction of sp³-hybridized carbons (Fsp3) is 0.357. The van der Waals surface area contributed by atoms with Gasteiger partial charge in [-0.2, -0.15) is 0 Å². The van der Waals surface area contributed by atoms with Gasteiger partial charge in [0.25, 0.3) is 0 Å². The predicted molar refractivity (Wildman–Crippen MR) is 73.5 cm³/mol. The van der Waals surface area contributed by atoms with Crippen LogP contribution in [0.3, 0.4) is 0 Å². The molecule has 96 valence electrons. The fourth-order valence-electron chi connectivity index (χ4n) is 1.93. The molecule has 0 saturated heterocycles. The van der Waals surface area contributed by atoms with Gasteiger partial charge < -0.3 is 15.2 Å². The number of nitrogen functional groups attached to an aromatic ring is 1. The van der Waals surface area contributed by atoms with Crippen molar-refractivity contribution in [3.63, 3.8) is 0 Å². The van der Waals surface area contributed by atoms with Crippen molar-refractivity contribution in [2.24, 2.45) is 0 Å². The largest absolute Gasteiger partial charge is 0.381 e. The smallest absolute Gasteiger partial charge is 0.167 e. The third kappa shape index (κ3) is 3.03. The Labute approximate surface area is 107 Å². The Morgan fingerprint density at radius 2 is 2.00 bits per heavy atom. The topological polar surface area (TPSA) is 55.3 Å². The highest BCUT2D eigenvalue weighted by Crippen LogP contribution is 2.17. The van der Waals surface area contributed by atoms with Gasteiger partial charge in [-0.3, -0.25) is 0 Å². The van der Waals surface area contributed by atoms with E-state index in [-0.39, 0.29) is 0 Å². The first-order valence-corrected chi connectivity index (χ1v) is 6.20. The molecule has 0 fully saturated rings. The number of hydrogen-bond donors (Lipinski definition) is 1. The van der Waals surface area contributed by atoms with Gasteiger partial charge in [0, 0.05) is 18.8 Å². The van der Waals surface area contributed by atoms with Crippen LogP contribution in [0.1, 0.15) is 24.7 Å². The maximum Gasteiger partial charge on any atom is 0.167 e. The van der Waals surface area contributed by atoms with Gasteiger partial charge in [-0.25, -0.2) is 0 Å². The summed E-state index contributed by atoms with van der Waals surface area (Å²) >= 11 is 0. The van der Waals surface area contributed by atoms with Gasteiger partial charge in [-0.15, -0.1) is 0 Å². The summed E-state index contributed by atoms with van der Waals surface area (Å²) in [4.78, 5) is 2.11. The van der Waals surface area contributed by atoms with Crippen LogP contribution in [0.15, 0.2) is 34.9 Å². The number of nitrogens with zero attached hydrogens (tertiary/aromatic N) is 2. The summed E-state index contributed by atoms with van der Waals surface area (Å²) in [5, 5.41) is 3.68. The highest BCUT2D eigenvalue weighted by molar-refractivity contribution is 5.47. The monoisotopic (exact) mass is 245 g/mol. The SMILES string of the molecule is CCCc1ccc(N(C)Cc2cc(N)no2)cc1. The predicted octanol–water partition coefficient (Wildman–Crippen LogP) is 2.85. The van der Waals surface area contributed by atoms with E-state index in [9.17, 15) is 0 Å². The molecule has 0 bridgehead atoms. The Balaban J connectivity index is 2.02. The van der Waals surface area contributed by atoms with Crippen LogP contribution >= 0.6 is 0 Å². The first-order valence-electron chi connectivity index (χ1n) is 6.20. The lowest BCUT2D eigenvalue weighted by atomic mass is 10.1. The van der Waals surface area contributed by atoms with Crippen molar-refractivity contribution in [3.05, 3.63) is 41.7 Å². The summed E-state index contributed by atoms with van der Waals surface area (Å²) in [7, 11) is 2.02. The summed E-state index contributed by atoms with van der Waals surface area (Å²) in [6, 6.07) is 10.4. The zero-order chi connectivity index (χ0) is 13.0. The second kappa shape index (κ2) is 5.58. The van der Waals surface area contributed by atoms with Crippen molar-refractivity contribution in [1.82, 2.24) is 5.16 Å². The number of aryl methyl sites for hydroxylation is 1. The van der Waals surface area contributed by atoms with Gasteiger partial charge in [-0.05, 0) is 24.1 Å². The molecule has 0 unspecified atom stereocenters. The van der Waals surface area contributed by atoms with E-state index in [4.69, 9.17) is 10.3 Å². The van der Waals surface area contributed by atoms with E-state index < -0.39 is 0 Å². The van der Waals surface area contributed by atoms with Gasteiger partial charge in [0.05, 0.1) is 6.54 Å². The standard InChI is InChI=1S/C14H19N3O/c1-3-4-11-5-7-12(8-6-11)17(2)10-13-9-14(15)16-18-13/h5-9H,3-4,10H2,1-2H3,(H2,15,16). The molecule has 4 nitrogen and oxygen atoms in total. The van der Waals surface area contributed by atoms with Crippen molar-refractivity contribution in [3.8, 4) is 0 Å². The maximum atomic E-state index is 5.52. The molecule has 0 radical (unpaired) electrons. The molecular formula is C14H19N3O. The molecule has 18 heavy (non-hydrogen) atoms. The maximum absolute atomic E-state index is 5.52. The van der Waals surface area contributed by atoms with E-state index in [2.05, 4.69) is 41.2 Å². The van der Waals surface area contributed by atoms with Crippen molar-refractivity contribution >= 4 is 11.5 Å². The number of aromatic nitrogens is 1. The Bertz CT molecular complexity index is 490. The molecular weight excluding hydrogens is 226 g/mol. The van der Waals surface area contributed by atoms with Crippen LogP contribution in [-0.4, -0.2) is 12.2 Å². The first-order chi connectivity index (χ1) is 8.69. The molecule has 1 aromatic carbocycles. The third-order valence-electron chi connectivity index (χ3n) is 2.89. The number of anilines is 2. The van der Waals surface area contributed by atoms with E-state index in [1.165, 1.54) is 12.0 Å². The van der Waals surface area contributed by atoms with Crippen molar-refractivity contribution in [2.45, 2.75) is 26.3 Å². The number of nitrogens with two attached hydrogens (primary N) is 1. The molecule has 0 spiro atoms. The number of rotatable bonds is 5. The van der Waals surface area contributed by atoms with Gasteiger partial charge in [0.15, 0.2) is 11.6 Å². The lowest BCUT2D eigenvalue weighted by molar-refractivity contribution is 0.385. The molecule has 2 N–H and O–H groups in total. The van der Waals surface area contributed by atoms with Crippen LogP contribution in [-0.2, 0) is 13.0 Å². The van der Waals surface area contributed by atoms with Crippen LogP contribution in [0, 0.1) is 0 Å². The molecule has 2 aromatic rings. The second-order valence-electron chi connectivity index (χ2n) is 4.49. The Kier molecular flexibility index (Phi) is 3.87. The van der Waals surface area contributed by atoms with Crippen molar-refractivity contribution in [1.29, 1.82) is 0 Å². The Hall–Kier alpha value is -1.97. The van der Waals surface area contributed by atoms with Crippen LogP contribution in [0.2, 0.25) is 0 Å². The highest BCUT2D eigenvalue weighted by atomic mass is 16.5. The molecule has 1 heterocycles. The van der Waals surface area contributed by atoms with Crippen LogP contribution in [0.25, 0.3) is 0 Å². The number of benzene rings is 1. The molecule has 0 saturated carbocycles. The summed E-state index contributed by atoms with van der Waals surface area (Å²) in [6.07, 6.45) is 2.30. The average molecular weight is 245 g/mol. The second-order valence-corrected chi connectivity index (χ2v) is 4.49. The first kappa shape index (κ1) is 12.5. The summed E-state index contributed by atoms with van der Waals surface area (Å²) in [6.45, 7) is 2.85. The molecule has 4 heteroatoms.